The number of ketones is 1. The van der Waals surface area contributed by atoms with Crippen LogP contribution in [-0.2, 0) is 6.42 Å². The van der Waals surface area contributed by atoms with Crippen molar-refractivity contribution in [3.05, 3.63) is 74.3 Å². The molecule has 0 saturated heterocycles. The fraction of sp³-hybridized carbons (Fsp3) is 0.235. The number of hydrogen-bond donors (Lipinski definition) is 0. The van der Waals surface area contributed by atoms with E-state index < -0.39 is 4.92 Å². The Hall–Kier alpha value is -2.49. The Morgan fingerprint density at radius 3 is 2.38 bits per heavy atom. The summed E-state index contributed by atoms with van der Waals surface area (Å²) in [7, 11) is 0. The second kappa shape index (κ2) is 5.87. The maximum Gasteiger partial charge on any atom is 0.280 e. The zero-order valence-electron chi connectivity index (χ0n) is 12.3. The number of aryl methyl sites for hydroxylation is 3. The normalized spacial score (nSPS) is 10.4. The van der Waals surface area contributed by atoms with E-state index in [1.165, 1.54) is 6.07 Å². The summed E-state index contributed by atoms with van der Waals surface area (Å²) in [6.07, 6.45) is 0.172. The van der Waals surface area contributed by atoms with Crippen molar-refractivity contribution in [3.8, 4) is 0 Å². The highest BCUT2D eigenvalue weighted by atomic mass is 16.6. The minimum Gasteiger partial charge on any atom is -0.294 e. The molecule has 0 radical (unpaired) electrons. The van der Waals surface area contributed by atoms with E-state index in [1.54, 1.807) is 12.1 Å². The summed E-state index contributed by atoms with van der Waals surface area (Å²) in [6.45, 7) is 5.81. The number of nitro groups is 1. The van der Waals surface area contributed by atoms with Crippen LogP contribution >= 0.6 is 0 Å². The number of benzene rings is 2. The lowest BCUT2D eigenvalue weighted by molar-refractivity contribution is -0.385. The van der Waals surface area contributed by atoms with Gasteiger partial charge in [-0.25, -0.2) is 0 Å². The predicted octanol–water partition coefficient (Wildman–Crippen LogP) is 3.95. The fourth-order valence-electron chi connectivity index (χ4n) is 2.23. The summed E-state index contributed by atoms with van der Waals surface area (Å²) < 4.78 is 0. The Morgan fingerprint density at radius 2 is 1.76 bits per heavy atom. The zero-order chi connectivity index (χ0) is 15.6. The van der Waals surface area contributed by atoms with Crippen molar-refractivity contribution in [3.63, 3.8) is 0 Å². The Bertz CT molecular complexity index is 720. The van der Waals surface area contributed by atoms with Gasteiger partial charge in [-0.05, 0) is 49.1 Å². The largest absolute Gasteiger partial charge is 0.294 e. The fourth-order valence-corrected chi connectivity index (χ4v) is 2.23. The molecule has 0 aliphatic carbocycles. The molecule has 4 heteroatoms. The summed E-state index contributed by atoms with van der Waals surface area (Å²) in [5.74, 6) is -0.228. The number of nitrogens with zero attached hydrogens (tertiary/aromatic N) is 1. The Labute approximate surface area is 123 Å². The van der Waals surface area contributed by atoms with E-state index in [9.17, 15) is 14.9 Å². The van der Waals surface area contributed by atoms with Crippen LogP contribution < -0.4 is 0 Å². The first-order valence-electron chi connectivity index (χ1n) is 6.73. The van der Waals surface area contributed by atoms with Crippen LogP contribution in [0.1, 0.15) is 32.6 Å². The molecular formula is C17H17NO3. The molecule has 4 nitrogen and oxygen atoms in total. The van der Waals surface area contributed by atoms with Crippen LogP contribution in [0.2, 0.25) is 0 Å². The average Bonchev–Trinajstić information content (AvgIpc) is 2.42. The van der Waals surface area contributed by atoms with E-state index in [4.69, 9.17) is 0 Å². The quantitative estimate of drug-likeness (QED) is 0.485. The summed E-state index contributed by atoms with van der Waals surface area (Å²) in [4.78, 5) is 22.9. The van der Waals surface area contributed by atoms with E-state index in [1.807, 2.05) is 39.0 Å². The zero-order valence-corrected chi connectivity index (χ0v) is 12.3. The van der Waals surface area contributed by atoms with Gasteiger partial charge >= 0.3 is 0 Å². The van der Waals surface area contributed by atoms with Crippen LogP contribution in [0.3, 0.4) is 0 Å². The molecular weight excluding hydrogens is 266 g/mol. The molecule has 0 amide bonds. The standard InChI is InChI=1S/C17H17NO3/c1-11-4-7-16(18(20)21)15(8-11)17(19)10-14-6-5-12(2)13(3)9-14/h4-9H,10H2,1-3H3. The maximum absolute atomic E-state index is 12.4. The smallest absolute Gasteiger partial charge is 0.280 e. The Kier molecular flexibility index (Phi) is 4.17. The van der Waals surface area contributed by atoms with Gasteiger partial charge < -0.3 is 0 Å². The van der Waals surface area contributed by atoms with Crippen LogP contribution in [0.15, 0.2) is 36.4 Å². The summed E-state index contributed by atoms with van der Waals surface area (Å²) >= 11 is 0. The lowest BCUT2D eigenvalue weighted by atomic mass is 9.98. The van der Waals surface area contributed by atoms with E-state index in [0.29, 0.717) is 0 Å². The average molecular weight is 283 g/mol. The van der Waals surface area contributed by atoms with Crippen molar-refractivity contribution >= 4 is 11.5 Å². The molecule has 2 rings (SSSR count). The van der Waals surface area contributed by atoms with Gasteiger partial charge in [-0.3, -0.25) is 14.9 Å². The molecule has 0 spiro atoms. The van der Waals surface area contributed by atoms with Gasteiger partial charge in [0.25, 0.3) is 5.69 Å². The first kappa shape index (κ1) is 14.9. The minimum atomic E-state index is -0.507. The third-order valence-corrected chi connectivity index (χ3v) is 3.59. The van der Waals surface area contributed by atoms with Crippen molar-refractivity contribution in [2.75, 3.05) is 0 Å². The molecule has 2 aromatic carbocycles. The summed E-state index contributed by atoms with van der Waals surface area (Å²) in [6, 6.07) is 10.4. The van der Waals surface area contributed by atoms with Crippen molar-refractivity contribution in [2.45, 2.75) is 27.2 Å². The highest BCUT2D eigenvalue weighted by molar-refractivity contribution is 6.01. The second-order valence-corrected chi connectivity index (χ2v) is 5.30. The SMILES string of the molecule is Cc1ccc([N+](=O)[O-])c(C(=O)Cc2ccc(C)c(C)c2)c1. The van der Waals surface area contributed by atoms with Gasteiger partial charge in [0.2, 0.25) is 0 Å². The minimum absolute atomic E-state index is 0.130. The Morgan fingerprint density at radius 1 is 1.05 bits per heavy atom. The van der Waals surface area contributed by atoms with Gasteiger partial charge in [0, 0.05) is 12.5 Å². The second-order valence-electron chi connectivity index (χ2n) is 5.30. The van der Waals surface area contributed by atoms with Crippen LogP contribution in [-0.4, -0.2) is 10.7 Å². The van der Waals surface area contributed by atoms with Gasteiger partial charge in [0.15, 0.2) is 5.78 Å². The number of carbonyl (C=O) groups is 1. The van der Waals surface area contributed by atoms with Gasteiger partial charge in [0.1, 0.15) is 0 Å². The van der Waals surface area contributed by atoms with Crippen LogP contribution in [0, 0.1) is 30.9 Å². The highest BCUT2D eigenvalue weighted by Crippen LogP contribution is 2.22. The van der Waals surface area contributed by atoms with E-state index in [0.717, 1.165) is 22.3 Å². The van der Waals surface area contributed by atoms with Crippen LogP contribution in [0.5, 0.6) is 0 Å². The topological polar surface area (TPSA) is 60.2 Å². The van der Waals surface area contributed by atoms with Gasteiger partial charge in [-0.2, -0.15) is 0 Å². The molecule has 2 aromatic rings. The number of rotatable bonds is 4. The first-order valence-corrected chi connectivity index (χ1v) is 6.73. The van der Waals surface area contributed by atoms with Gasteiger partial charge in [-0.1, -0.05) is 24.3 Å². The number of Topliss-reactive ketones (excluding diaryl/α,β-unsaturated/α-hetero) is 1. The van der Waals surface area contributed by atoms with Gasteiger partial charge in [0.05, 0.1) is 10.5 Å². The number of nitro benzene ring substituents is 1. The molecule has 0 aromatic heterocycles. The van der Waals surface area contributed by atoms with Crippen molar-refractivity contribution in [2.24, 2.45) is 0 Å². The third kappa shape index (κ3) is 3.34. The molecule has 0 bridgehead atoms. The monoisotopic (exact) mass is 283 g/mol. The molecule has 0 aliphatic rings. The van der Waals surface area contributed by atoms with E-state index in [-0.39, 0.29) is 23.5 Å². The lowest BCUT2D eigenvalue weighted by Crippen LogP contribution is -2.07. The van der Waals surface area contributed by atoms with Crippen LogP contribution in [0.4, 0.5) is 5.69 Å². The van der Waals surface area contributed by atoms with Crippen molar-refractivity contribution < 1.29 is 9.72 Å². The van der Waals surface area contributed by atoms with E-state index in [2.05, 4.69) is 0 Å². The number of carbonyl (C=O) groups excluding carboxylic acids is 1. The van der Waals surface area contributed by atoms with Crippen molar-refractivity contribution in [1.82, 2.24) is 0 Å². The molecule has 0 saturated carbocycles. The first-order chi connectivity index (χ1) is 9.88. The van der Waals surface area contributed by atoms with Gasteiger partial charge in [-0.15, -0.1) is 0 Å². The lowest BCUT2D eigenvalue weighted by Gasteiger charge is -2.06. The third-order valence-electron chi connectivity index (χ3n) is 3.59. The highest BCUT2D eigenvalue weighted by Gasteiger charge is 2.20. The molecule has 0 heterocycles. The summed E-state index contributed by atoms with van der Waals surface area (Å²) in [5, 5.41) is 11.0. The molecule has 0 atom stereocenters. The predicted molar refractivity (Wildman–Crippen MR) is 81.8 cm³/mol. The molecule has 0 aliphatic heterocycles. The Balaban J connectivity index is 2.34. The van der Waals surface area contributed by atoms with Crippen molar-refractivity contribution in [1.29, 1.82) is 0 Å². The van der Waals surface area contributed by atoms with Crippen LogP contribution in [0.25, 0.3) is 0 Å². The van der Waals surface area contributed by atoms with E-state index >= 15 is 0 Å². The molecule has 108 valence electrons. The molecule has 0 fully saturated rings. The number of hydrogen-bond acceptors (Lipinski definition) is 3. The maximum atomic E-state index is 12.4. The molecule has 21 heavy (non-hydrogen) atoms. The molecule has 0 unspecified atom stereocenters. The molecule has 0 N–H and O–H groups in total. The summed E-state index contributed by atoms with van der Waals surface area (Å²) in [5.41, 5.74) is 4.03.